The van der Waals surface area contributed by atoms with E-state index in [1.54, 1.807) is 19.9 Å². The molecule has 0 heterocycles. The van der Waals surface area contributed by atoms with Gasteiger partial charge in [-0.15, -0.1) is 0 Å². The zero-order chi connectivity index (χ0) is 15.9. The van der Waals surface area contributed by atoms with Crippen LogP contribution in [0.4, 0.5) is 5.69 Å². The second kappa shape index (κ2) is 7.99. The van der Waals surface area contributed by atoms with Crippen LogP contribution in [-0.4, -0.2) is 32.7 Å². The predicted octanol–water partition coefficient (Wildman–Crippen LogP) is 0.645. The van der Waals surface area contributed by atoms with Gasteiger partial charge in [-0.2, -0.15) is 0 Å². The van der Waals surface area contributed by atoms with Gasteiger partial charge in [0.05, 0.1) is 5.75 Å². The van der Waals surface area contributed by atoms with Crippen molar-refractivity contribution in [2.24, 2.45) is 0 Å². The van der Waals surface area contributed by atoms with Crippen LogP contribution >= 0.6 is 0 Å². The topological polar surface area (TPSA) is 101 Å². The smallest absolute Gasteiger partial charge is 0.220 e. The van der Waals surface area contributed by atoms with E-state index in [2.05, 4.69) is 10.0 Å². The summed E-state index contributed by atoms with van der Waals surface area (Å²) in [5.74, 6) is -0.303. The Morgan fingerprint density at radius 2 is 1.95 bits per heavy atom. The van der Waals surface area contributed by atoms with Crippen LogP contribution in [0.1, 0.15) is 25.8 Å². The largest absolute Gasteiger partial charge is 0.399 e. The number of anilines is 1. The summed E-state index contributed by atoms with van der Waals surface area (Å²) in [7, 11) is -3.34. The van der Waals surface area contributed by atoms with E-state index < -0.39 is 10.0 Å². The molecule has 0 unspecified atom stereocenters. The second-order valence-electron chi connectivity index (χ2n) is 5.14. The van der Waals surface area contributed by atoms with E-state index in [1.807, 2.05) is 18.2 Å². The number of rotatable bonds is 8. The molecule has 0 saturated heterocycles. The van der Waals surface area contributed by atoms with Crippen LogP contribution < -0.4 is 15.8 Å². The van der Waals surface area contributed by atoms with Crippen molar-refractivity contribution in [3.63, 3.8) is 0 Å². The molecule has 0 aliphatic carbocycles. The van der Waals surface area contributed by atoms with Crippen molar-refractivity contribution in [3.8, 4) is 0 Å². The third-order valence-electron chi connectivity index (χ3n) is 2.78. The third kappa shape index (κ3) is 7.10. The number of benzene rings is 1. The quantitative estimate of drug-likeness (QED) is 0.613. The molecule has 0 spiro atoms. The number of para-hydroxylation sites is 1. The number of carbonyl (C=O) groups is 1. The van der Waals surface area contributed by atoms with E-state index in [0.29, 0.717) is 12.1 Å². The lowest BCUT2D eigenvalue weighted by Gasteiger charge is -2.10. The molecule has 0 aliphatic heterocycles. The molecule has 118 valence electrons. The summed E-state index contributed by atoms with van der Waals surface area (Å²) in [5, 5.41) is 2.60. The Kier molecular flexibility index (Phi) is 6.64. The molecule has 1 aromatic carbocycles. The molecule has 0 saturated carbocycles. The molecule has 0 atom stereocenters. The Labute approximate surface area is 126 Å². The summed E-state index contributed by atoms with van der Waals surface area (Å²) in [4.78, 5) is 11.7. The number of hydrogen-bond donors (Lipinski definition) is 3. The van der Waals surface area contributed by atoms with Gasteiger partial charge in [0.25, 0.3) is 0 Å². The lowest BCUT2D eigenvalue weighted by Crippen LogP contribution is -2.37. The zero-order valence-corrected chi connectivity index (χ0v) is 13.2. The van der Waals surface area contributed by atoms with Crippen molar-refractivity contribution in [2.45, 2.75) is 32.7 Å². The van der Waals surface area contributed by atoms with Crippen molar-refractivity contribution in [3.05, 3.63) is 29.8 Å². The number of sulfonamides is 1. The van der Waals surface area contributed by atoms with E-state index in [9.17, 15) is 13.2 Å². The maximum atomic E-state index is 11.7. The van der Waals surface area contributed by atoms with Gasteiger partial charge in [0.1, 0.15) is 0 Å². The lowest BCUT2D eigenvalue weighted by molar-refractivity contribution is -0.120. The van der Waals surface area contributed by atoms with Crippen LogP contribution in [-0.2, 0) is 21.2 Å². The second-order valence-corrected chi connectivity index (χ2v) is 7.01. The number of nitrogens with two attached hydrogens (primary N) is 1. The first kappa shape index (κ1) is 17.5. The van der Waals surface area contributed by atoms with Gasteiger partial charge in [0.15, 0.2) is 0 Å². The normalized spacial score (nSPS) is 11.6. The predicted molar refractivity (Wildman–Crippen MR) is 84.2 cm³/mol. The highest BCUT2D eigenvalue weighted by molar-refractivity contribution is 7.89. The van der Waals surface area contributed by atoms with Gasteiger partial charge in [-0.25, -0.2) is 13.1 Å². The third-order valence-corrected chi connectivity index (χ3v) is 4.36. The lowest BCUT2D eigenvalue weighted by atomic mass is 10.1. The average Bonchev–Trinajstić information content (AvgIpc) is 2.36. The highest BCUT2D eigenvalue weighted by atomic mass is 32.2. The summed E-state index contributed by atoms with van der Waals surface area (Å²) >= 11 is 0. The van der Waals surface area contributed by atoms with E-state index in [-0.39, 0.29) is 30.7 Å². The first-order valence-corrected chi connectivity index (χ1v) is 8.55. The maximum Gasteiger partial charge on any atom is 0.220 e. The number of hydrogen-bond acceptors (Lipinski definition) is 4. The van der Waals surface area contributed by atoms with Gasteiger partial charge in [0.2, 0.25) is 15.9 Å². The van der Waals surface area contributed by atoms with Crippen LogP contribution in [0.25, 0.3) is 0 Å². The Morgan fingerprint density at radius 3 is 2.57 bits per heavy atom. The minimum atomic E-state index is -3.34. The molecule has 1 amide bonds. The van der Waals surface area contributed by atoms with Crippen LogP contribution in [0.5, 0.6) is 0 Å². The first-order valence-electron chi connectivity index (χ1n) is 6.90. The molecule has 0 aliphatic rings. The van der Waals surface area contributed by atoms with Gasteiger partial charge in [-0.05, 0) is 31.9 Å². The minimum Gasteiger partial charge on any atom is -0.399 e. The number of carbonyl (C=O) groups excluding carboxylic acids is 1. The molecule has 0 aromatic heterocycles. The van der Waals surface area contributed by atoms with Crippen molar-refractivity contribution in [2.75, 3.05) is 18.0 Å². The molecule has 0 bridgehead atoms. The summed E-state index contributed by atoms with van der Waals surface area (Å²) in [6.45, 7) is 3.60. The first-order chi connectivity index (χ1) is 9.80. The van der Waals surface area contributed by atoms with Crippen LogP contribution in [0.2, 0.25) is 0 Å². The average molecular weight is 313 g/mol. The Bertz CT molecular complexity index is 571. The van der Waals surface area contributed by atoms with Gasteiger partial charge in [-0.1, -0.05) is 18.2 Å². The van der Waals surface area contributed by atoms with Gasteiger partial charge < -0.3 is 11.1 Å². The van der Waals surface area contributed by atoms with Crippen molar-refractivity contribution < 1.29 is 13.2 Å². The van der Waals surface area contributed by atoms with Gasteiger partial charge >= 0.3 is 0 Å². The summed E-state index contributed by atoms with van der Waals surface area (Å²) in [6, 6.07) is 7.22. The SMILES string of the molecule is CC(C)NS(=O)(=O)CCNC(=O)CCc1ccccc1N. The number of amides is 1. The van der Waals surface area contributed by atoms with Crippen molar-refractivity contribution in [1.29, 1.82) is 0 Å². The monoisotopic (exact) mass is 313 g/mol. The molecule has 4 N–H and O–H groups in total. The molecule has 1 aromatic rings. The summed E-state index contributed by atoms with van der Waals surface area (Å²) in [5.41, 5.74) is 7.37. The molecule has 1 rings (SSSR count). The molecule has 0 fully saturated rings. The molecule has 7 heteroatoms. The molecular formula is C14H23N3O3S. The summed E-state index contributed by atoms with van der Waals surface area (Å²) < 4.78 is 25.6. The molecular weight excluding hydrogens is 290 g/mol. The summed E-state index contributed by atoms with van der Waals surface area (Å²) in [6.07, 6.45) is 0.821. The zero-order valence-electron chi connectivity index (χ0n) is 12.4. The van der Waals surface area contributed by atoms with E-state index in [1.165, 1.54) is 0 Å². The van der Waals surface area contributed by atoms with Crippen LogP contribution in [0.15, 0.2) is 24.3 Å². The fourth-order valence-electron chi connectivity index (χ4n) is 1.84. The van der Waals surface area contributed by atoms with Crippen LogP contribution in [0, 0.1) is 0 Å². The molecule has 0 radical (unpaired) electrons. The minimum absolute atomic E-state index is 0.102. The molecule has 21 heavy (non-hydrogen) atoms. The number of aryl methyl sites for hydroxylation is 1. The highest BCUT2D eigenvalue weighted by Crippen LogP contribution is 2.12. The Morgan fingerprint density at radius 1 is 1.29 bits per heavy atom. The van der Waals surface area contributed by atoms with E-state index >= 15 is 0 Å². The van der Waals surface area contributed by atoms with E-state index in [0.717, 1.165) is 5.56 Å². The Hall–Kier alpha value is -1.60. The van der Waals surface area contributed by atoms with Crippen LogP contribution in [0.3, 0.4) is 0 Å². The van der Waals surface area contributed by atoms with E-state index in [4.69, 9.17) is 5.73 Å². The van der Waals surface area contributed by atoms with Gasteiger partial charge in [-0.3, -0.25) is 4.79 Å². The highest BCUT2D eigenvalue weighted by Gasteiger charge is 2.12. The van der Waals surface area contributed by atoms with Crippen molar-refractivity contribution >= 4 is 21.6 Å². The molecule has 6 nitrogen and oxygen atoms in total. The fraction of sp³-hybridized carbons (Fsp3) is 0.500. The Balaban J connectivity index is 2.31. The number of nitrogens with one attached hydrogen (secondary N) is 2. The standard InChI is InChI=1S/C14H23N3O3S/c1-11(2)17-21(19,20)10-9-16-14(18)8-7-12-5-3-4-6-13(12)15/h3-6,11,17H,7-10,15H2,1-2H3,(H,16,18). The van der Waals surface area contributed by atoms with Gasteiger partial charge in [0, 0.05) is 24.7 Å². The van der Waals surface area contributed by atoms with Crippen molar-refractivity contribution in [1.82, 2.24) is 10.0 Å². The maximum absolute atomic E-state index is 11.7. The number of nitrogen functional groups attached to an aromatic ring is 1. The fourth-order valence-corrected chi connectivity index (χ4v) is 3.05.